The molecule has 1 atom stereocenters. The predicted octanol–water partition coefficient (Wildman–Crippen LogP) is 2.38. The summed E-state index contributed by atoms with van der Waals surface area (Å²) in [7, 11) is -4.48. The van der Waals surface area contributed by atoms with E-state index in [-0.39, 0.29) is 17.1 Å². The largest absolute Gasteiger partial charge is 0.396 e. The first kappa shape index (κ1) is 15.3. The van der Waals surface area contributed by atoms with Gasteiger partial charge < -0.3 is 11.5 Å². The Labute approximate surface area is 133 Å². The molecule has 2 aromatic carbocycles. The standard InChI is InChI=1S/C16H15N3O3S/c17-13-11-8-4-5-9-12(11)19-15(14(13)18)16(23(20,21)22)10-6-2-1-3-7-10/h1-9,16H,18H2,(H2,17,19)(H,20,21,22). The maximum Gasteiger partial charge on any atom is 0.277 e. The van der Waals surface area contributed by atoms with E-state index in [9.17, 15) is 13.0 Å². The number of pyridine rings is 1. The first-order valence-electron chi connectivity index (χ1n) is 6.84. The highest BCUT2D eigenvalue weighted by Gasteiger charge is 2.31. The summed E-state index contributed by atoms with van der Waals surface area (Å²) in [6.07, 6.45) is 0. The summed E-state index contributed by atoms with van der Waals surface area (Å²) in [6.45, 7) is 0. The van der Waals surface area contributed by atoms with Crippen LogP contribution >= 0.6 is 0 Å². The van der Waals surface area contributed by atoms with Gasteiger partial charge in [0.2, 0.25) is 0 Å². The normalized spacial score (nSPS) is 13.1. The number of anilines is 2. The monoisotopic (exact) mass is 329 g/mol. The number of para-hydroxylation sites is 1. The Morgan fingerprint density at radius 1 is 0.913 bits per heavy atom. The molecule has 0 aliphatic rings. The fourth-order valence-electron chi connectivity index (χ4n) is 2.57. The van der Waals surface area contributed by atoms with E-state index in [1.807, 2.05) is 0 Å². The lowest BCUT2D eigenvalue weighted by molar-refractivity contribution is 0.474. The van der Waals surface area contributed by atoms with Crippen LogP contribution in [0.2, 0.25) is 0 Å². The molecule has 0 aliphatic heterocycles. The van der Waals surface area contributed by atoms with E-state index in [0.717, 1.165) is 0 Å². The van der Waals surface area contributed by atoms with E-state index in [1.54, 1.807) is 54.6 Å². The third-order valence-corrected chi connectivity index (χ3v) is 4.74. The summed E-state index contributed by atoms with van der Waals surface area (Å²) in [6, 6.07) is 15.3. The van der Waals surface area contributed by atoms with E-state index >= 15 is 0 Å². The van der Waals surface area contributed by atoms with Gasteiger partial charge in [0.05, 0.1) is 22.6 Å². The fraction of sp³-hybridized carbons (Fsp3) is 0.0625. The summed E-state index contributed by atoms with van der Waals surface area (Å²) in [5.74, 6) is 0. The van der Waals surface area contributed by atoms with Crippen LogP contribution in [0, 0.1) is 0 Å². The van der Waals surface area contributed by atoms with Crippen molar-refractivity contribution < 1.29 is 13.0 Å². The van der Waals surface area contributed by atoms with Gasteiger partial charge in [-0.2, -0.15) is 8.42 Å². The van der Waals surface area contributed by atoms with Crippen LogP contribution < -0.4 is 11.5 Å². The molecule has 1 heterocycles. The number of nitrogen functional groups attached to an aromatic ring is 2. The molecule has 7 heteroatoms. The summed E-state index contributed by atoms with van der Waals surface area (Å²) in [4.78, 5) is 4.33. The van der Waals surface area contributed by atoms with Crippen LogP contribution in [-0.2, 0) is 10.1 Å². The van der Waals surface area contributed by atoms with Crippen molar-refractivity contribution in [2.45, 2.75) is 5.25 Å². The third kappa shape index (κ3) is 2.71. The molecule has 1 unspecified atom stereocenters. The number of aromatic nitrogens is 1. The highest BCUT2D eigenvalue weighted by molar-refractivity contribution is 7.86. The lowest BCUT2D eigenvalue weighted by Gasteiger charge is -2.18. The molecule has 23 heavy (non-hydrogen) atoms. The Hall–Kier alpha value is -2.64. The van der Waals surface area contributed by atoms with Gasteiger partial charge in [-0.3, -0.25) is 4.55 Å². The van der Waals surface area contributed by atoms with Crippen LogP contribution in [-0.4, -0.2) is 18.0 Å². The molecule has 0 radical (unpaired) electrons. The molecule has 0 saturated heterocycles. The van der Waals surface area contributed by atoms with Crippen LogP contribution in [0.25, 0.3) is 10.9 Å². The van der Waals surface area contributed by atoms with Crippen molar-refractivity contribution in [3.05, 3.63) is 65.9 Å². The third-order valence-electron chi connectivity index (χ3n) is 3.65. The van der Waals surface area contributed by atoms with E-state index in [2.05, 4.69) is 4.98 Å². The van der Waals surface area contributed by atoms with Crippen molar-refractivity contribution in [1.82, 2.24) is 4.98 Å². The Morgan fingerprint density at radius 3 is 2.17 bits per heavy atom. The molecular formula is C16H15N3O3S. The van der Waals surface area contributed by atoms with Crippen molar-refractivity contribution >= 4 is 32.4 Å². The molecular weight excluding hydrogens is 314 g/mol. The molecule has 0 bridgehead atoms. The fourth-order valence-corrected chi connectivity index (χ4v) is 3.53. The van der Waals surface area contributed by atoms with Gasteiger partial charge in [-0.15, -0.1) is 0 Å². The topological polar surface area (TPSA) is 119 Å². The highest BCUT2D eigenvalue weighted by Crippen LogP contribution is 2.37. The van der Waals surface area contributed by atoms with Crippen LogP contribution in [0.15, 0.2) is 54.6 Å². The quantitative estimate of drug-likeness (QED) is 0.635. The van der Waals surface area contributed by atoms with E-state index in [4.69, 9.17) is 11.5 Å². The maximum atomic E-state index is 12.0. The number of hydrogen-bond acceptors (Lipinski definition) is 5. The van der Waals surface area contributed by atoms with Crippen molar-refractivity contribution in [1.29, 1.82) is 0 Å². The number of rotatable bonds is 3. The van der Waals surface area contributed by atoms with Crippen molar-refractivity contribution in [3.63, 3.8) is 0 Å². The second-order valence-corrected chi connectivity index (χ2v) is 6.65. The smallest absolute Gasteiger partial charge is 0.277 e. The summed E-state index contributed by atoms with van der Waals surface area (Å²) >= 11 is 0. The number of nitrogens with two attached hydrogens (primary N) is 2. The van der Waals surface area contributed by atoms with Crippen LogP contribution in [0.3, 0.4) is 0 Å². The Balaban J connectivity index is 2.34. The molecule has 0 spiro atoms. The van der Waals surface area contributed by atoms with Crippen molar-refractivity contribution in [3.8, 4) is 0 Å². The zero-order chi connectivity index (χ0) is 16.6. The molecule has 0 amide bonds. The lowest BCUT2D eigenvalue weighted by atomic mass is 10.0. The molecule has 118 valence electrons. The molecule has 6 nitrogen and oxygen atoms in total. The van der Waals surface area contributed by atoms with Crippen LogP contribution in [0.4, 0.5) is 11.4 Å². The zero-order valence-corrected chi connectivity index (χ0v) is 12.9. The minimum atomic E-state index is -4.48. The van der Waals surface area contributed by atoms with Gasteiger partial charge in [0, 0.05) is 5.39 Å². The Morgan fingerprint density at radius 2 is 1.52 bits per heavy atom. The van der Waals surface area contributed by atoms with Crippen molar-refractivity contribution in [2.75, 3.05) is 11.5 Å². The number of benzene rings is 2. The average Bonchev–Trinajstić information content (AvgIpc) is 2.52. The molecule has 5 N–H and O–H groups in total. The average molecular weight is 329 g/mol. The van der Waals surface area contributed by atoms with Crippen LogP contribution in [0.1, 0.15) is 16.5 Å². The first-order valence-corrected chi connectivity index (χ1v) is 8.34. The van der Waals surface area contributed by atoms with Gasteiger partial charge in [-0.1, -0.05) is 48.5 Å². The van der Waals surface area contributed by atoms with E-state index in [1.165, 1.54) is 0 Å². The summed E-state index contributed by atoms with van der Waals surface area (Å²) < 4.78 is 33.6. The highest BCUT2D eigenvalue weighted by atomic mass is 32.2. The van der Waals surface area contributed by atoms with Gasteiger partial charge in [-0.05, 0) is 11.6 Å². The van der Waals surface area contributed by atoms with E-state index < -0.39 is 15.4 Å². The minimum absolute atomic E-state index is 0.0231. The number of hydrogen-bond donors (Lipinski definition) is 3. The maximum absolute atomic E-state index is 12.0. The second kappa shape index (κ2) is 5.53. The van der Waals surface area contributed by atoms with Crippen molar-refractivity contribution in [2.24, 2.45) is 0 Å². The summed E-state index contributed by atoms with van der Waals surface area (Å²) in [5, 5.41) is -0.758. The summed E-state index contributed by atoms with van der Waals surface area (Å²) in [5.41, 5.74) is 13.3. The minimum Gasteiger partial charge on any atom is -0.396 e. The second-order valence-electron chi connectivity index (χ2n) is 5.15. The van der Waals surface area contributed by atoms with Gasteiger partial charge in [0.1, 0.15) is 0 Å². The van der Waals surface area contributed by atoms with Gasteiger partial charge in [0.15, 0.2) is 5.25 Å². The Kier molecular flexibility index (Phi) is 3.67. The number of fused-ring (bicyclic) bond motifs is 1. The van der Waals surface area contributed by atoms with E-state index in [0.29, 0.717) is 16.5 Å². The molecule has 1 aromatic heterocycles. The lowest BCUT2D eigenvalue weighted by Crippen LogP contribution is -2.18. The van der Waals surface area contributed by atoms with Gasteiger partial charge in [-0.25, -0.2) is 4.98 Å². The molecule has 0 aliphatic carbocycles. The number of nitrogens with zero attached hydrogens (tertiary/aromatic N) is 1. The van der Waals surface area contributed by atoms with Crippen LogP contribution in [0.5, 0.6) is 0 Å². The Bertz CT molecular complexity index is 973. The van der Waals surface area contributed by atoms with Gasteiger partial charge in [0.25, 0.3) is 10.1 Å². The molecule has 3 rings (SSSR count). The molecule has 0 saturated carbocycles. The molecule has 3 aromatic rings. The molecule has 0 fully saturated rings. The predicted molar refractivity (Wildman–Crippen MR) is 90.4 cm³/mol. The SMILES string of the molecule is Nc1c(C(c2ccccc2)S(=O)(=O)O)nc2ccccc2c1N. The van der Waals surface area contributed by atoms with Gasteiger partial charge >= 0.3 is 0 Å². The zero-order valence-electron chi connectivity index (χ0n) is 12.0. The first-order chi connectivity index (χ1) is 10.9.